The molecule has 1 amide bonds. The Morgan fingerprint density at radius 3 is 2.29 bits per heavy atom. The van der Waals surface area contributed by atoms with E-state index in [0.29, 0.717) is 0 Å². The molecule has 0 fully saturated rings. The van der Waals surface area contributed by atoms with Gasteiger partial charge in [0, 0.05) is 0 Å². The van der Waals surface area contributed by atoms with Gasteiger partial charge in [-0.25, -0.2) is 0 Å². The second-order valence-electron chi connectivity index (χ2n) is 3.30. The highest BCUT2D eigenvalue weighted by atomic mass is 127. The molecule has 0 bridgehead atoms. The van der Waals surface area contributed by atoms with Crippen molar-refractivity contribution >= 4 is 40.0 Å². The average molecular weight is 335 g/mol. The number of halogens is 1. The summed E-state index contributed by atoms with van der Waals surface area (Å²) in [7, 11) is -4.08. The van der Waals surface area contributed by atoms with E-state index in [1.807, 2.05) is 0 Å². The van der Waals surface area contributed by atoms with Gasteiger partial charge in [-0.1, -0.05) is 6.58 Å². The maximum Gasteiger partial charge on any atom is 0.267 e. The van der Waals surface area contributed by atoms with Crippen LogP contribution in [-0.4, -0.2) is 30.2 Å². The zero-order valence-electron chi connectivity index (χ0n) is 7.98. The van der Waals surface area contributed by atoms with Gasteiger partial charge >= 0.3 is 0 Å². The molecule has 2 N–H and O–H groups in total. The first kappa shape index (κ1) is 16.3. The standard InChI is InChI=1S/C7H13NO4S.HI/c1-4-6(9)8-7(2,3)5-13(10,11)12;/h4H,1,5H2,2-3H3,(H,8,9)(H,10,11,12);1H. The van der Waals surface area contributed by atoms with Gasteiger partial charge in [0.1, 0.15) is 0 Å². The van der Waals surface area contributed by atoms with E-state index in [2.05, 4.69) is 11.9 Å². The summed E-state index contributed by atoms with van der Waals surface area (Å²) in [5.41, 5.74) is -1.00. The van der Waals surface area contributed by atoms with Crippen molar-refractivity contribution in [3.05, 3.63) is 12.7 Å². The van der Waals surface area contributed by atoms with E-state index < -0.39 is 27.3 Å². The van der Waals surface area contributed by atoms with Crippen LogP contribution in [0.3, 0.4) is 0 Å². The Morgan fingerprint density at radius 1 is 1.57 bits per heavy atom. The third kappa shape index (κ3) is 8.45. The van der Waals surface area contributed by atoms with Crippen molar-refractivity contribution in [2.45, 2.75) is 19.4 Å². The quantitative estimate of drug-likeness (QED) is 0.447. The fraction of sp³-hybridized carbons (Fsp3) is 0.571. The van der Waals surface area contributed by atoms with Crippen molar-refractivity contribution in [1.82, 2.24) is 5.32 Å². The molecular weight excluding hydrogens is 321 g/mol. The van der Waals surface area contributed by atoms with E-state index in [1.54, 1.807) is 0 Å². The van der Waals surface area contributed by atoms with Crippen LogP contribution in [0.5, 0.6) is 0 Å². The summed E-state index contributed by atoms with van der Waals surface area (Å²) in [6, 6.07) is 0. The average Bonchev–Trinajstić information content (AvgIpc) is 1.80. The van der Waals surface area contributed by atoms with E-state index in [4.69, 9.17) is 4.55 Å². The Morgan fingerprint density at radius 2 is 2.00 bits per heavy atom. The minimum atomic E-state index is -4.08. The van der Waals surface area contributed by atoms with E-state index >= 15 is 0 Å². The lowest BCUT2D eigenvalue weighted by Crippen LogP contribution is -2.47. The Kier molecular flexibility index (Phi) is 6.59. The highest BCUT2D eigenvalue weighted by Crippen LogP contribution is 2.05. The van der Waals surface area contributed by atoms with Crippen molar-refractivity contribution in [2.24, 2.45) is 0 Å². The SMILES string of the molecule is C=CC(=O)NC(C)(C)CS(=O)(=O)O.I. The first-order chi connectivity index (χ1) is 5.66. The fourth-order valence-corrected chi connectivity index (χ4v) is 1.86. The smallest absolute Gasteiger partial charge is 0.267 e. The molecular formula is C7H14INO4S. The second-order valence-corrected chi connectivity index (χ2v) is 4.76. The van der Waals surface area contributed by atoms with Crippen molar-refractivity contribution in [1.29, 1.82) is 0 Å². The Balaban J connectivity index is 0. The van der Waals surface area contributed by atoms with Gasteiger partial charge in [0.15, 0.2) is 0 Å². The van der Waals surface area contributed by atoms with Crippen LogP contribution in [0.15, 0.2) is 12.7 Å². The largest absolute Gasteiger partial charge is 0.347 e. The number of nitrogens with one attached hydrogen (secondary N) is 1. The lowest BCUT2D eigenvalue weighted by atomic mass is 10.1. The molecule has 0 radical (unpaired) electrons. The van der Waals surface area contributed by atoms with E-state index in [9.17, 15) is 13.2 Å². The normalized spacial score (nSPS) is 11.4. The van der Waals surface area contributed by atoms with Crippen LogP contribution in [0.4, 0.5) is 0 Å². The van der Waals surface area contributed by atoms with E-state index in [-0.39, 0.29) is 24.0 Å². The second kappa shape index (κ2) is 5.66. The van der Waals surface area contributed by atoms with E-state index in [1.165, 1.54) is 13.8 Å². The van der Waals surface area contributed by atoms with Crippen molar-refractivity contribution in [3.63, 3.8) is 0 Å². The Labute approximate surface area is 101 Å². The topological polar surface area (TPSA) is 83.5 Å². The number of hydrogen-bond donors (Lipinski definition) is 2. The molecule has 0 spiro atoms. The third-order valence-electron chi connectivity index (χ3n) is 1.19. The van der Waals surface area contributed by atoms with Crippen molar-refractivity contribution in [2.75, 3.05) is 5.75 Å². The van der Waals surface area contributed by atoms with Gasteiger partial charge < -0.3 is 5.32 Å². The molecule has 0 aliphatic heterocycles. The Hall–Kier alpha value is -0.150. The van der Waals surface area contributed by atoms with Crippen LogP contribution in [0.1, 0.15) is 13.8 Å². The van der Waals surface area contributed by atoms with Crippen LogP contribution in [0, 0.1) is 0 Å². The number of carbonyl (C=O) groups is 1. The molecule has 14 heavy (non-hydrogen) atoms. The number of hydrogen-bond acceptors (Lipinski definition) is 3. The summed E-state index contributed by atoms with van der Waals surface area (Å²) in [4.78, 5) is 10.8. The first-order valence-electron chi connectivity index (χ1n) is 3.56. The van der Waals surface area contributed by atoms with Gasteiger partial charge in [-0.2, -0.15) is 8.42 Å². The summed E-state index contributed by atoms with van der Waals surface area (Å²) < 4.78 is 29.5. The van der Waals surface area contributed by atoms with Crippen LogP contribution >= 0.6 is 24.0 Å². The van der Waals surface area contributed by atoms with Gasteiger partial charge in [0.05, 0.1) is 11.3 Å². The van der Waals surface area contributed by atoms with Crippen LogP contribution in [0.25, 0.3) is 0 Å². The highest BCUT2D eigenvalue weighted by Gasteiger charge is 2.25. The minimum absolute atomic E-state index is 0. The van der Waals surface area contributed by atoms with Gasteiger partial charge in [-0.15, -0.1) is 24.0 Å². The zero-order chi connectivity index (χ0) is 10.7. The number of carbonyl (C=O) groups excluding carboxylic acids is 1. The van der Waals surface area contributed by atoms with Crippen molar-refractivity contribution in [3.8, 4) is 0 Å². The summed E-state index contributed by atoms with van der Waals surface area (Å²) in [5, 5.41) is 2.37. The molecule has 0 unspecified atom stereocenters. The van der Waals surface area contributed by atoms with Gasteiger partial charge in [0.2, 0.25) is 5.91 Å². The van der Waals surface area contributed by atoms with Gasteiger partial charge in [-0.3, -0.25) is 9.35 Å². The molecule has 0 aliphatic carbocycles. The molecule has 5 nitrogen and oxygen atoms in total. The predicted molar refractivity (Wildman–Crippen MR) is 64.2 cm³/mol. The molecule has 0 heterocycles. The Bertz CT molecular complexity index is 310. The predicted octanol–water partition coefficient (Wildman–Crippen LogP) is 0.573. The lowest BCUT2D eigenvalue weighted by Gasteiger charge is -2.23. The highest BCUT2D eigenvalue weighted by molar-refractivity contribution is 14.0. The maximum atomic E-state index is 10.8. The van der Waals surface area contributed by atoms with Crippen LogP contribution in [-0.2, 0) is 14.9 Å². The maximum absolute atomic E-state index is 10.8. The molecule has 0 rings (SSSR count). The molecule has 0 aromatic rings. The summed E-state index contributed by atoms with van der Waals surface area (Å²) in [5.74, 6) is -1.01. The van der Waals surface area contributed by atoms with Gasteiger partial charge in [-0.05, 0) is 19.9 Å². The van der Waals surface area contributed by atoms with Crippen LogP contribution < -0.4 is 5.32 Å². The monoisotopic (exact) mass is 335 g/mol. The number of amides is 1. The van der Waals surface area contributed by atoms with Crippen molar-refractivity contribution < 1.29 is 17.8 Å². The minimum Gasteiger partial charge on any atom is -0.347 e. The molecule has 7 heteroatoms. The first-order valence-corrected chi connectivity index (χ1v) is 5.17. The molecule has 0 atom stereocenters. The summed E-state index contributed by atoms with van der Waals surface area (Å²) in [6.07, 6.45) is 1.03. The van der Waals surface area contributed by atoms with E-state index in [0.717, 1.165) is 6.08 Å². The zero-order valence-corrected chi connectivity index (χ0v) is 11.1. The number of rotatable bonds is 4. The molecule has 0 aromatic carbocycles. The molecule has 0 saturated carbocycles. The van der Waals surface area contributed by atoms with Gasteiger partial charge in [0.25, 0.3) is 10.1 Å². The third-order valence-corrected chi connectivity index (χ3v) is 2.28. The van der Waals surface area contributed by atoms with Crippen LogP contribution in [0.2, 0.25) is 0 Å². The fourth-order valence-electron chi connectivity index (χ4n) is 0.877. The lowest BCUT2D eigenvalue weighted by molar-refractivity contribution is -0.117. The summed E-state index contributed by atoms with van der Waals surface area (Å²) in [6.45, 7) is 6.19. The molecule has 0 aliphatic rings. The molecule has 0 saturated heterocycles. The molecule has 84 valence electrons. The molecule has 0 aromatic heterocycles. The summed E-state index contributed by atoms with van der Waals surface area (Å²) >= 11 is 0.